The predicted octanol–water partition coefficient (Wildman–Crippen LogP) is 5.03. The number of nitrogens with zero attached hydrogens (tertiary/aromatic N) is 2. The van der Waals surface area contributed by atoms with Crippen molar-refractivity contribution < 1.29 is 0 Å². The molecule has 0 saturated carbocycles. The Hall–Kier alpha value is -2.39. The minimum Gasteiger partial charge on any atom is -0.261 e. The Morgan fingerprint density at radius 3 is 2.73 bits per heavy atom. The molecule has 4 heteroatoms. The van der Waals surface area contributed by atoms with Crippen molar-refractivity contribution in [3.8, 4) is 0 Å². The maximum absolute atomic E-state index is 6.00. The highest BCUT2D eigenvalue weighted by Gasteiger charge is 2.02. The number of para-hydroxylation sites is 1. The monoisotopic (exact) mass is 309 g/mol. The molecule has 1 N–H and O–H groups in total. The van der Waals surface area contributed by atoms with Crippen molar-refractivity contribution in [2.24, 2.45) is 5.10 Å². The van der Waals surface area contributed by atoms with E-state index in [4.69, 9.17) is 11.6 Å². The van der Waals surface area contributed by atoms with Crippen LogP contribution in [-0.4, -0.2) is 10.7 Å². The van der Waals surface area contributed by atoms with E-state index in [2.05, 4.69) is 28.5 Å². The van der Waals surface area contributed by atoms with Gasteiger partial charge < -0.3 is 0 Å². The molecule has 0 fully saturated rings. The summed E-state index contributed by atoms with van der Waals surface area (Å²) in [5.74, 6) is 0.734. The second-order valence-corrected chi connectivity index (χ2v) is 5.60. The number of fused-ring (bicyclic) bond motifs is 1. The average Bonchev–Trinajstić information content (AvgIpc) is 2.53. The fourth-order valence-corrected chi connectivity index (χ4v) is 2.52. The van der Waals surface area contributed by atoms with Crippen LogP contribution in [0.5, 0.6) is 0 Å². The third-order valence-electron chi connectivity index (χ3n) is 3.50. The quantitative estimate of drug-likeness (QED) is 0.544. The fourth-order valence-electron chi connectivity index (χ4n) is 2.33. The molecular formula is C18H16ClN3. The zero-order valence-corrected chi connectivity index (χ0v) is 13.2. The molecule has 0 aliphatic rings. The fraction of sp³-hybridized carbons (Fsp3) is 0.111. The molecule has 0 aliphatic carbocycles. The molecule has 3 nitrogen and oxygen atoms in total. The topological polar surface area (TPSA) is 37.3 Å². The highest BCUT2D eigenvalue weighted by Crippen LogP contribution is 2.20. The molecule has 22 heavy (non-hydrogen) atoms. The third-order valence-corrected chi connectivity index (χ3v) is 3.74. The molecule has 110 valence electrons. The molecule has 1 heterocycles. The SMILES string of the molecule is C/C(=N\Nc1cc(C)c2ccccc2n1)c1cccc(Cl)c1. The van der Waals surface area contributed by atoms with Gasteiger partial charge in [-0.05, 0) is 49.2 Å². The van der Waals surface area contributed by atoms with Crippen LogP contribution in [0.4, 0.5) is 5.82 Å². The van der Waals surface area contributed by atoms with Gasteiger partial charge in [-0.25, -0.2) is 4.98 Å². The van der Waals surface area contributed by atoms with Gasteiger partial charge in [0.05, 0.1) is 11.2 Å². The van der Waals surface area contributed by atoms with Crippen LogP contribution in [0, 0.1) is 6.92 Å². The molecule has 2 aromatic carbocycles. The second-order valence-electron chi connectivity index (χ2n) is 5.16. The first kappa shape index (κ1) is 14.5. The van der Waals surface area contributed by atoms with Crippen molar-refractivity contribution in [1.29, 1.82) is 0 Å². The Kier molecular flexibility index (Phi) is 4.07. The lowest BCUT2D eigenvalue weighted by molar-refractivity contribution is 1.24. The first-order chi connectivity index (χ1) is 10.6. The van der Waals surface area contributed by atoms with Crippen LogP contribution < -0.4 is 5.43 Å². The van der Waals surface area contributed by atoms with E-state index >= 15 is 0 Å². The molecule has 0 atom stereocenters. The maximum Gasteiger partial charge on any atom is 0.147 e. The van der Waals surface area contributed by atoms with E-state index in [0.717, 1.165) is 28.0 Å². The van der Waals surface area contributed by atoms with Crippen molar-refractivity contribution in [2.45, 2.75) is 13.8 Å². The van der Waals surface area contributed by atoms with Crippen molar-refractivity contribution in [3.05, 3.63) is 70.7 Å². The minimum absolute atomic E-state index is 0.701. The summed E-state index contributed by atoms with van der Waals surface area (Å²) in [5, 5.41) is 6.26. The minimum atomic E-state index is 0.701. The van der Waals surface area contributed by atoms with Crippen LogP contribution in [0.1, 0.15) is 18.1 Å². The lowest BCUT2D eigenvalue weighted by atomic mass is 10.1. The molecule has 3 rings (SSSR count). The molecule has 0 amide bonds. The lowest BCUT2D eigenvalue weighted by Gasteiger charge is -2.07. The maximum atomic E-state index is 6.00. The van der Waals surface area contributed by atoms with Crippen LogP contribution >= 0.6 is 11.6 Å². The van der Waals surface area contributed by atoms with E-state index in [-0.39, 0.29) is 0 Å². The summed E-state index contributed by atoms with van der Waals surface area (Å²) >= 11 is 6.00. The van der Waals surface area contributed by atoms with E-state index in [1.54, 1.807) is 0 Å². The number of hydrogen-bond acceptors (Lipinski definition) is 3. The van der Waals surface area contributed by atoms with Gasteiger partial charge in [0, 0.05) is 10.4 Å². The summed E-state index contributed by atoms with van der Waals surface area (Å²) < 4.78 is 0. The third kappa shape index (κ3) is 3.10. The van der Waals surface area contributed by atoms with Gasteiger partial charge in [-0.1, -0.05) is 41.9 Å². The average molecular weight is 310 g/mol. The molecule has 0 saturated heterocycles. The van der Waals surface area contributed by atoms with Gasteiger partial charge in [-0.15, -0.1) is 0 Å². The van der Waals surface area contributed by atoms with Gasteiger partial charge in [0.2, 0.25) is 0 Å². The first-order valence-corrected chi connectivity index (χ1v) is 7.44. The number of halogens is 1. The first-order valence-electron chi connectivity index (χ1n) is 7.06. The number of aryl methyl sites for hydroxylation is 1. The number of anilines is 1. The predicted molar refractivity (Wildman–Crippen MR) is 93.8 cm³/mol. The number of nitrogens with one attached hydrogen (secondary N) is 1. The van der Waals surface area contributed by atoms with Crippen molar-refractivity contribution >= 4 is 34.0 Å². The zero-order chi connectivity index (χ0) is 15.5. The van der Waals surface area contributed by atoms with Crippen LogP contribution in [0.2, 0.25) is 5.02 Å². The highest BCUT2D eigenvalue weighted by molar-refractivity contribution is 6.31. The summed E-state index contributed by atoms with van der Waals surface area (Å²) in [6, 6.07) is 17.7. The molecule has 1 aromatic heterocycles. The Labute approximate surface area is 134 Å². The van der Waals surface area contributed by atoms with Gasteiger partial charge in [0.25, 0.3) is 0 Å². The van der Waals surface area contributed by atoms with Crippen LogP contribution in [0.3, 0.4) is 0 Å². The van der Waals surface area contributed by atoms with Crippen molar-refractivity contribution in [3.63, 3.8) is 0 Å². The van der Waals surface area contributed by atoms with Gasteiger partial charge in [-0.2, -0.15) is 5.10 Å². The van der Waals surface area contributed by atoms with Gasteiger partial charge in [-0.3, -0.25) is 5.43 Å². The number of pyridine rings is 1. The van der Waals surface area contributed by atoms with E-state index in [9.17, 15) is 0 Å². The highest BCUT2D eigenvalue weighted by atomic mass is 35.5. The van der Waals surface area contributed by atoms with E-state index in [1.165, 1.54) is 5.56 Å². The smallest absolute Gasteiger partial charge is 0.147 e. The van der Waals surface area contributed by atoms with E-state index < -0.39 is 0 Å². The normalized spacial score (nSPS) is 11.7. The molecular weight excluding hydrogens is 294 g/mol. The number of aromatic nitrogens is 1. The number of rotatable bonds is 3. The molecule has 0 aliphatic heterocycles. The summed E-state index contributed by atoms with van der Waals surface area (Å²) in [5.41, 5.74) is 7.00. The van der Waals surface area contributed by atoms with E-state index in [1.807, 2.05) is 55.5 Å². The molecule has 0 unspecified atom stereocenters. The number of benzene rings is 2. The summed E-state index contributed by atoms with van der Waals surface area (Å²) in [4.78, 5) is 4.57. The van der Waals surface area contributed by atoms with Crippen molar-refractivity contribution in [1.82, 2.24) is 4.98 Å². The zero-order valence-electron chi connectivity index (χ0n) is 12.5. The standard InChI is InChI=1S/C18H16ClN3/c1-12-10-18(20-17-9-4-3-8-16(12)17)22-21-13(2)14-6-5-7-15(19)11-14/h3-11H,1-2H3,(H,20,22)/b21-13+. The molecule has 0 radical (unpaired) electrons. The van der Waals surface area contributed by atoms with Crippen LogP contribution in [0.15, 0.2) is 59.7 Å². The molecule has 0 bridgehead atoms. The summed E-state index contributed by atoms with van der Waals surface area (Å²) in [7, 11) is 0. The number of hydrazone groups is 1. The molecule has 3 aromatic rings. The van der Waals surface area contributed by atoms with Gasteiger partial charge in [0.15, 0.2) is 0 Å². The summed E-state index contributed by atoms with van der Waals surface area (Å²) in [6.07, 6.45) is 0. The molecule has 0 spiro atoms. The Morgan fingerprint density at radius 1 is 1.09 bits per heavy atom. The Bertz CT molecular complexity index is 856. The van der Waals surface area contributed by atoms with Crippen LogP contribution in [-0.2, 0) is 0 Å². The van der Waals surface area contributed by atoms with Crippen LogP contribution in [0.25, 0.3) is 10.9 Å². The summed E-state index contributed by atoms with van der Waals surface area (Å²) in [6.45, 7) is 4.01. The van der Waals surface area contributed by atoms with Crippen molar-refractivity contribution in [2.75, 3.05) is 5.43 Å². The largest absolute Gasteiger partial charge is 0.261 e. The Morgan fingerprint density at radius 2 is 1.91 bits per heavy atom. The Balaban J connectivity index is 1.88. The van der Waals surface area contributed by atoms with Gasteiger partial charge in [0.1, 0.15) is 5.82 Å². The lowest BCUT2D eigenvalue weighted by Crippen LogP contribution is -2.01. The van der Waals surface area contributed by atoms with E-state index in [0.29, 0.717) is 5.02 Å². The second kappa shape index (κ2) is 6.16. The van der Waals surface area contributed by atoms with Gasteiger partial charge >= 0.3 is 0 Å². The number of hydrogen-bond donors (Lipinski definition) is 1.